The van der Waals surface area contributed by atoms with Crippen molar-refractivity contribution in [2.45, 2.75) is 19.9 Å². The SMILES string of the molecule is COc1ccc(CCNCc2ncc(-c3cccc(C)n3)s2)cc1OC. The average molecular weight is 369 g/mol. The zero-order chi connectivity index (χ0) is 18.4. The molecule has 0 bridgehead atoms. The molecular weight excluding hydrogens is 346 g/mol. The maximum absolute atomic E-state index is 5.35. The van der Waals surface area contributed by atoms with Crippen LogP contribution in [-0.2, 0) is 13.0 Å². The van der Waals surface area contributed by atoms with Gasteiger partial charge in [-0.1, -0.05) is 12.1 Å². The fourth-order valence-electron chi connectivity index (χ4n) is 2.65. The van der Waals surface area contributed by atoms with E-state index in [0.29, 0.717) is 0 Å². The van der Waals surface area contributed by atoms with Crippen molar-refractivity contribution in [3.05, 3.63) is 58.9 Å². The number of hydrogen-bond donors (Lipinski definition) is 1. The van der Waals surface area contributed by atoms with Crippen LogP contribution in [0.15, 0.2) is 42.6 Å². The van der Waals surface area contributed by atoms with Gasteiger partial charge in [-0.2, -0.15) is 0 Å². The van der Waals surface area contributed by atoms with Gasteiger partial charge in [0.25, 0.3) is 0 Å². The minimum Gasteiger partial charge on any atom is -0.493 e. The van der Waals surface area contributed by atoms with E-state index in [9.17, 15) is 0 Å². The van der Waals surface area contributed by atoms with Crippen LogP contribution in [0, 0.1) is 6.92 Å². The average Bonchev–Trinajstić information content (AvgIpc) is 3.14. The molecule has 1 aromatic carbocycles. The summed E-state index contributed by atoms with van der Waals surface area (Å²) >= 11 is 1.68. The molecule has 0 aliphatic carbocycles. The van der Waals surface area contributed by atoms with E-state index in [0.717, 1.165) is 52.3 Å². The molecule has 0 radical (unpaired) electrons. The number of ether oxygens (including phenoxy) is 2. The topological polar surface area (TPSA) is 56.3 Å². The number of thiazole rings is 1. The van der Waals surface area contributed by atoms with Gasteiger partial charge in [-0.05, 0) is 49.7 Å². The number of methoxy groups -OCH3 is 2. The Kier molecular flexibility index (Phi) is 6.20. The standard InChI is InChI=1S/C20H23N3O2S/c1-14-5-4-6-16(23-14)19-12-22-20(26-19)13-21-10-9-15-7-8-17(24-2)18(11-15)25-3/h4-8,11-12,21H,9-10,13H2,1-3H3. The Bertz CT molecular complexity index is 864. The Balaban J connectivity index is 1.51. The first kappa shape index (κ1) is 18.4. The van der Waals surface area contributed by atoms with Crippen LogP contribution in [0.25, 0.3) is 10.6 Å². The van der Waals surface area contributed by atoms with Gasteiger partial charge in [-0.15, -0.1) is 11.3 Å². The number of aromatic nitrogens is 2. The van der Waals surface area contributed by atoms with Crippen molar-refractivity contribution in [3.63, 3.8) is 0 Å². The van der Waals surface area contributed by atoms with Crippen LogP contribution in [0.5, 0.6) is 11.5 Å². The fourth-order valence-corrected chi connectivity index (χ4v) is 3.51. The summed E-state index contributed by atoms with van der Waals surface area (Å²) in [6.07, 6.45) is 2.82. The van der Waals surface area contributed by atoms with E-state index >= 15 is 0 Å². The third kappa shape index (κ3) is 4.59. The van der Waals surface area contributed by atoms with E-state index in [4.69, 9.17) is 9.47 Å². The first-order valence-corrected chi connectivity index (χ1v) is 9.31. The van der Waals surface area contributed by atoms with E-state index in [-0.39, 0.29) is 0 Å². The third-order valence-corrected chi connectivity index (χ3v) is 5.03. The molecule has 0 fully saturated rings. The van der Waals surface area contributed by atoms with Gasteiger partial charge >= 0.3 is 0 Å². The predicted octanol–water partition coefficient (Wildman–Crippen LogP) is 3.86. The van der Waals surface area contributed by atoms with Crippen molar-refractivity contribution in [3.8, 4) is 22.1 Å². The summed E-state index contributed by atoms with van der Waals surface area (Å²) in [5, 5.41) is 4.51. The van der Waals surface area contributed by atoms with Gasteiger partial charge in [0.05, 0.1) is 24.8 Å². The lowest BCUT2D eigenvalue weighted by atomic mass is 10.1. The Hall–Kier alpha value is -2.44. The molecule has 2 heterocycles. The molecule has 0 atom stereocenters. The summed E-state index contributed by atoms with van der Waals surface area (Å²) in [5.74, 6) is 1.52. The normalized spacial score (nSPS) is 10.7. The number of nitrogens with zero attached hydrogens (tertiary/aromatic N) is 2. The van der Waals surface area contributed by atoms with Gasteiger partial charge in [0.1, 0.15) is 5.01 Å². The van der Waals surface area contributed by atoms with E-state index in [1.807, 2.05) is 43.5 Å². The van der Waals surface area contributed by atoms with E-state index < -0.39 is 0 Å². The number of benzene rings is 1. The molecule has 3 rings (SSSR count). The lowest BCUT2D eigenvalue weighted by Crippen LogP contribution is -2.16. The summed E-state index contributed by atoms with van der Waals surface area (Å²) in [4.78, 5) is 10.1. The Morgan fingerprint density at radius 1 is 1.08 bits per heavy atom. The maximum atomic E-state index is 5.35. The summed E-state index contributed by atoms with van der Waals surface area (Å²) in [6, 6.07) is 12.1. The second-order valence-corrected chi connectivity index (χ2v) is 7.01. The zero-order valence-corrected chi connectivity index (χ0v) is 16.1. The van der Waals surface area contributed by atoms with Crippen LogP contribution in [0.4, 0.5) is 0 Å². The fraction of sp³-hybridized carbons (Fsp3) is 0.300. The molecule has 6 heteroatoms. The van der Waals surface area contributed by atoms with Gasteiger partial charge in [0.2, 0.25) is 0 Å². The monoisotopic (exact) mass is 369 g/mol. The van der Waals surface area contributed by atoms with Crippen molar-refractivity contribution < 1.29 is 9.47 Å². The van der Waals surface area contributed by atoms with Crippen molar-refractivity contribution >= 4 is 11.3 Å². The molecule has 0 aliphatic heterocycles. The largest absolute Gasteiger partial charge is 0.493 e. The van der Waals surface area contributed by atoms with Crippen LogP contribution in [-0.4, -0.2) is 30.7 Å². The predicted molar refractivity (Wildman–Crippen MR) is 105 cm³/mol. The Labute approximate surface area is 158 Å². The maximum Gasteiger partial charge on any atom is 0.160 e. The number of nitrogens with one attached hydrogen (secondary N) is 1. The summed E-state index contributed by atoms with van der Waals surface area (Å²) in [7, 11) is 3.30. The number of rotatable bonds is 8. The highest BCUT2D eigenvalue weighted by atomic mass is 32.1. The molecule has 26 heavy (non-hydrogen) atoms. The van der Waals surface area contributed by atoms with Gasteiger partial charge in [-0.3, -0.25) is 4.98 Å². The van der Waals surface area contributed by atoms with Gasteiger partial charge in [-0.25, -0.2) is 4.98 Å². The summed E-state index contributed by atoms with van der Waals surface area (Å²) < 4.78 is 10.6. The molecular formula is C20H23N3O2S. The number of pyridine rings is 1. The molecule has 0 amide bonds. The molecule has 0 spiro atoms. The summed E-state index contributed by atoms with van der Waals surface area (Å²) in [6.45, 7) is 3.62. The summed E-state index contributed by atoms with van der Waals surface area (Å²) in [5.41, 5.74) is 3.21. The van der Waals surface area contributed by atoms with Crippen LogP contribution in [0.2, 0.25) is 0 Å². The number of aryl methyl sites for hydroxylation is 1. The van der Waals surface area contributed by atoms with Crippen molar-refractivity contribution in [1.29, 1.82) is 0 Å². The van der Waals surface area contributed by atoms with Crippen LogP contribution in [0.3, 0.4) is 0 Å². The molecule has 5 nitrogen and oxygen atoms in total. The number of hydrogen-bond acceptors (Lipinski definition) is 6. The van der Waals surface area contributed by atoms with E-state index in [2.05, 4.69) is 21.4 Å². The van der Waals surface area contributed by atoms with Crippen molar-refractivity contribution in [2.75, 3.05) is 20.8 Å². The highest BCUT2D eigenvalue weighted by molar-refractivity contribution is 7.15. The van der Waals surface area contributed by atoms with Crippen molar-refractivity contribution in [1.82, 2.24) is 15.3 Å². The van der Waals surface area contributed by atoms with Gasteiger partial charge < -0.3 is 14.8 Å². The zero-order valence-electron chi connectivity index (χ0n) is 15.3. The molecule has 2 aromatic heterocycles. The van der Waals surface area contributed by atoms with Gasteiger partial charge in [0, 0.05) is 18.4 Å². The van der Waals surface area contributed by atoms with E-state index in [1.54, 1.807) is 25.6 Å². The molecule has 0 saturated heterocycles. The first-order valence-electron chi connectivity index (χ1n) is 8.50. The lowest BCUT2D eigenvalue weighted by molar-refractivity contribution is 0.354. The second-order valence-electron chi connectivity index (χ2n) is 5.90. The lowest BCUT2D eigenvalue weighted by Gasteiger charge is -2.09. The molecule has 1 N–H and O–H groups in total. The van der Waals surface area contributed by atoms with Crippen molar-refractivity contribution in [2.24, 2.45) is 0 Å². The Morgan fingerprint density at radius 3 is 2.69 bits per heavy atom. The molecule has 0 saturated carbocycles. The van der Waals surface area contributed by atoms with E-state index in [1.165, 1.54) is 5.56 Å². The minimum absolute atomic E-state index is 0.754. The van der Waals surface area contributed by atoms with Gasteiger partial charge in [0.15, 0.2) is 11.5 Å². The molecule has 0 aliphatic rings. The first-order chi connectivity index (χ1) is 12.7. The minimum atomic E-state index is 0.754. The molecule has 136 valence electrons. The smallest absolute Gasteiger partial charge is 0.160 e. The molecule has 0 unspecified atom stereocenters. The Morgan fingerprint density at radius 2 is 1.92 bits per heavy atom. The third-order valence-electron chi connectivity index (χ3n) is 4.01. The molecule has 3 aromatic rings. The highest BCUT2D eigenvalue weighted by Gasteiger charge is 2.07. The van der Waals surface area contributed by atoms with Crippen LogP contribution < -0.4 is 14.8 Å². The highest BCUT2D eigenvalue weighted by Crippen LogP contribution is 2.27. The quantitative estimate of drug-likeness (QED) is 0.611. The van der Waals surface area contributed by atoms with Crippen LogP contribution in [0.1, 0.15) is 16.3 Å². The second kappa shape index (κ2) is 8.78. The van der Waals surface area contributed by atoms with Crippen LogP contribution >= 0.6 is 11.3 Å².